The van der Waals surface area contributed by atoms with E-state index < -0.39 is 15.7 Å². The van der Waals surface area contributed by atoms with Crippen LogP contribution in [0.4, 0.5) is 5.69 Å². The molecule has 1 heterocycles. The number of ether oxygens (including phenoxy) is 1. The fourth-order valence-electron chi connectivity index (χ4n) is 2.16. The number of hydrogen-bond donors (Lipinski definition) is 1. The van der Waals surface area contributed by atoms with E-state index in [4.69, 9.17) is 4.74 Å². The summed E-state index contributed by atoms with van der Waals surface area (Å²) in [6.07, 6.45) is 0. The molecule has 0 aromatic heterocycles. The normalized spacial score (nSPS) is 15.6. The van der Waals surface area contributed by atoms with Gasteiger partial charge in [-0.2, -0.15) is 0 Å². The van der Waals surface area contributed by atoms with E-state index in [9.17, 15) is 13.2 Å². The van der Waals surface area contributed by atoms with Crippen molar-refractivity contribution in [1.82, 2.24) is 0 Å². The van der Waals surface area contributed by atoms with Crippen molar-refractivity contribution in [3.8, 4) is 5.75 Å². The second-order valence-electron chi connectivity index (χ2n) is 4.32. The quantitative estimate of drug-likeness (QED) is 0.872. The molecule has 6 heteroatoms. The van der Waals surface area contributed by atoms with Crippen LogP contribution >= 0.6 is 0 Å². The van der Waals surface area contributed by atoms with Gasteiger partial charge in [-0.05, 0) is 30.3 Å². The highest BCUT2D eigenvalue weighted by Gasteiger charge is 2.31. The molecule has 0 spiro atoms. The van der Waals surface area contributed by atoms with Gasteiger partial charge in [-0.3, -0.25) is 4.79 Å². The predicted molar refractivity (Wildman–Crippen MR) is 72.8 cm³/mol. The van der Waals surface area contributed by atoms with Crippen molar-refractivity contribution in [2.75, 3.05) is 12.4 Å². The highest BCUT2D eigenvalue weighted by molar-refractivity contribution is 7.91. The van der Waals surface area contributed by atoms with Crippen molar-refractivity contribution < 1.29 is 17.9 Å². The molecule has 0 unspecified atom stereocenters. The van der Waals surface area contributed by atoms with Crippen LogP contribution in [0, 0.1) is 0 Å². The molecule has 20 heavy (non-hydrogen) atoms. The Morgan fingerprint density at radius 3 is 2.55 bits per heavy atom. The highest BCUT2D eigenvalue weighted by Crippen LogP contribution is 2.34. The predicted octanol–water partition coefficient (Wildman–Crippen LogP) is 2.09. The first-order chi connectivity index (χ1) is 9.54. The van der Waals surface area contributed by atoms with Crippen LogP contribution in [-0.2, 0) is 9.84 Å². The van der Waals surface area contributed by atoms with E-state index in [1.165, 1.54) is 31.4 Å². The third-order valence-corrected chi connectivity index (χ3v) is 5.02. The molecule has 0 radical (unpaired) electrons. The van der Waals surface area contributed by atoms with Crippen molar-refractivity contribution in [3.63, 3.8) is 0 Å². The van der Waals surface area contributed by atoms with E-state index >= 15 is 0 Å². The van der Waals surface area contributed by atoms with Gasteiger partial charge in [0.25, 0.3) is 5.91 Å². The number of carbonyl (C=O) groups excluding carboxylic acids is 1. The number of anilines is 1. The Morgan fingerprint density at radius 2 is 1.80 bits per heavy atom. The average Bonchev–Trinajstić information content (AvgIpc) is 2.54. The Bertz CT molecular complexity index is 812. The summed E-state index contributed by atoms with van der Waals surface area (Å²) < 4.78 is 30.3. The summed E-state index contributed by atoms with van der Waals surface area (Å²) >= 11 is 0. The fraction of sp³-hybridized carbons (Fsp3) is 0.0714. The topological polar surface area (TPSA) is 72.5 Å². The van der Waals surface area contributed by atoms with Gasteiger partial charge < -0.3 is 10.1 Å². The molecule has 2 aromatic carbocycles. The van der Waals surface area contributed by atoms with Gasteiger partial charge in [-0.25, -0.2) is 8.42 Å². The van der Waals surface area contributed by atoms with Crippen LogP contribution in [-0.4, -0.2) is 21.4 Å². The summed E-state index contributed by atoms with van der Waals surface area (Å²) in [5, 5.41) is 2.61. The monoisotopic (exact) mass is 289 g/mol. The third kappa shape index (κ3) is 1.77. The van der Waals surface area contributed by atoms with E-state index in [-0.39, 0.29) is 21.0 Å². The van der Waals surface area contributed by atoms with Crippen molar-refractivity contribution in [1.29, 1.82) is 0 Å². The van der Waals surface area contributed by atoms with Crippen molar-refractivity contribution in [2.45, 2.75) is 9.79 Å². The van der Waals surface area contributed by atoms with Crippen molar-refractivity contribution in [2.24, 2.45) is 0 Å². The molecule has 3 rings (SSSR count). The molecule has 1 amide bonds. The van der Waals surface area contributed by atoms with Gasteiger partial charge >= 0.3 is 0 Å². The van der Waals surface area contributed by atoms with Gasteiger partial charge in [0.2, 0.25) is 9.84 Å². The lowest BCUT2D eigenvalue weighted by molar-refractivity contribution is 0.102. The second kappa shape index (κ2) is 4.35. The van der Waals surface area contributed by atoms with Crippen LogP contribution in [0.25, 0.3) is 0 Å². The van der Waals surface area contributed by atoms with Crippen LogP contribution in [0.2, 0.25) is 0 Å². The van der Waals surface area contributed by atoms with E-state index in [0.717, 1.165) is 0 Å². The minimum atomic E-state index is -3.73. The van der Waals surface area contributed by atoms with Crippen LogP contribution in [0.5, 0.6) is 5.75 Å². The molecule has 2 aromatic rings. The zero-order chi connectivity index (χ0) is 14.3. The summed E-state index contributed by atoms with van der Waals surface area (Å²) in [7, 11) is -2.28. The van der Waals surface area contributed by atoms with E-state index in [1.807, 2.05) is 0 Å². The number of amides is 1. The largest absolute Gasteiger partial charge is 0.497 e. The zero-order valence-electron chi connectivity index (χ0n) is 10.6. The number of carbonyl (C=O) groups is 1. The first-order valence-corrected chi connectivity index (χ1v) is 7.36. The minimum Gasteiger partial charge on any atom is -0.497 e. The number of fused-ring (bicyclic) bond motifs is 2. The number of rotatable bonds is 1. The molecule has 0 aliphatic carbocycles. The molecular formula is C14H11NO4S. The Labute approximate surface area is 116 Å². The van der Waals surface area contributed by atoms with Gasteiger partial charge in [0, 0.05) is 0 Å². The fourth-order valence-corrected chi connectivity index (χ4v) is 3.75. The molecule has 1 aliphatic heterocycles. The number of methoxy groups -OCH3 is 1. The summed E-state index contributed by atoms with van der Waals surface area (Å²) in [5.41, 5.74) is 0.369. The Hall–Kier alpha value is -2.34. The van der Waals surface area contributed by atoms with Crippen molar-refractivity contribution >= 4 is 21.4 Å². The first kappa shape index (κ1) is 12.7. The number of para-hydroxylation sites is 1. The molecule has 1 aliphatic rings. The number of hydrogen-bond acceptors (Lipinski definition) is 4. The molecular weight excluding hydrogens is 278 g/mol. The van der Waals surface area contributed by atoms with Crippen LogP contribution < -0.4 is 10.1 Å². The Morgan fingerprint density at radius 1 is 1.05 bits per heavy atom. The van der Waals surface area contributed by atoms with Crippen LogP contribution in [0.15, 0.2) is 52.3 Å². The Balaban J connectivity index is 2.35. The van der Waals surface area contributed by atoms with Gasteiger partial charge in [0.1, 0.15) is 5.75 Å². The second-order valence-corrected chi connectivity index (χ2v) is 6.20. The summed E-state index contributed by atoms with van der Waals surface area (Å²) in [6.45, 7) is 0. The summed E-state index contributed by atoms with van der Waals surface area (Å²) in [4.78, 5) is 12.3. The standard InChI is InChI=1S/C14H11NO4S/c1-19-9-6-7-12-10(8-9)14(16)15-11-4-2-3-5-13(11)20(12,17)18/h2-8H,1H3,(H,15,16). The van der Waals surface area contributed by atoms with E-state index in [0.29, 0.717) is 5.75 Å². The number of benzene rings is 2. The van der Waals surface area contributed by atoms with Crippen LogP contribution in [0.3, 0.4) is 0 Å². The molecule has 1 N–H and O–H groups in total. The van der Waals surface area contributed by atoms with Gasteiger partial charge in [0.05, 0.1) is 28.2 Å². The first-order valence-electron chi connectivity index (χ1n) is 5.87. The molecule has 0 atom stereocenters. The maximum absolute atomic E-state index is 12.6. The average molecular weight is 289 g/mol. The highest BCUT2D eigenvalue weighted by atomic mass is 32.2. The smallest absolute Gasteiger partial charge is 0.257 e. The molecule has 0 saturated heterocycles. The summed E-state index contributed by atoms with van der Waals surface area (Å²) in [5.74, 6) is -0.0347. The molecule has 0 bridgehead atoms. The molecule has 0 saturated carbocycles. The Kier molecular flexibility index (Phi) is 2.76. The maximum atomic E-state index is 12.6. The molecule has 5 nitrogen and oxygen atoms in total. The van der Waals surface area contributed by atoms with E-state index in [1.54, 1.807) is 18.2 Å². The molecule has 102 valence electrons. The lowest BCUT2D eigenvalue weighted by Crippen LogP contribution is -2.12. The maximum Gasteiger partial charge on any atom is 0.257 e. The third-order valence-electron chi connectivity index (χ3n) is 3.15. The van der Waals surface area contributed by atoms with Gasteiger partial charge in [-0.15, -0.1) is 0 Å². The van der Waals surface area contributed by atoms with Crippen LogP contribution in [0.1, 0.15) is 10.4 Å². The zero-order valence-corrected chi connectivity index (χ0v) is 11.4. The minimum absolute atomic E-state index is 0.0132. The summed E-state index contributed by atoms with van der Waals surface area (Å²) in [6, 6.07) is 10.7. The van der Waals surface area contributed by atoms with Crippen molar-refractivity contribution in [3.05, 3.63) is 48.0 Å². The van der Waals surface area contributed by atoms with E-state index in [2.05, 4.69) is 5.32 Å². The lowest BCUT2D eigenvalue weighted by Gasteiger charge is -2.07. The van der Waals surface area contributed by atoms with Gasteiger partial charge in [-0.1, -0.05) is 12.1 Å². The number of nitrogens with one attached hydrogen (secondary N) is 1. The lowest BCUT2D eigenvalue weighted by atomic mass is 10.2. The SMILES string of the molecule is COc1ccc2c(c1)C(=O)Nc1ccccc1S2(=O)=O. The number of sulfone groups is 1. The van der Waals surface area contributed by atoms with Gasteiger partial charge in [0.15, 0.2) is 0 Å². The molecule has 0 fully saturated rings.